The van der Waals surface area contributed by atoms with Crippen molar-refractivity contribution in [3.05, 3.63) is 0 Å². The lowest BCUT2D eigenvalue weighted by Gasteiger charge is -2.29. The maximum absolute atomic E-state index is 4.74. The molecule has 2 rings (SSSR count). The van der Waals surface area contributed by atoms with Gasteiger partial charge in [0.05, 0.1) is 0 Å². The van der Waals surface area contributed by atoms with E-state index in [0.29, 0.717) is 6.04 Å². The summed E-state index contributed by atoms with van der Waals surface area (Å²) in [4.78, 5) is 7.17. The summed E-state index contributed by atoms with van der Waals surface area (Å²) in [5.74, 6) is 2.86. The molecule has 1 N–H and O–H groups in total. The molecule has 0 bridgehead atoms. The fourth-order valence-corrected chi connectivity index (χ4v) is 3.69. The van der Waals surface area contributed by atoms with Gasteiger partial charge in [-0.05, 0) is 58.2 Å². The van der Waals surface area contributed by atoms with Crippen LogP contribution in [-0.2, 0) is 0 Å². The second-order valence-corrected chi connectivity index (χ2v) is 6.95. The zero-order valence-electron chi connectivity index (χ0n) is 12.0. The predicted octanol–water partition coefficient (Wildman–Crippen LogP) is 2.44. The second kappa shape index (κ2) is 6.80. The molecule has 2 heterocycles. The Morgan fingerprint density at radius 1 is 1.33 bits per heavy atom. The van der Waals surface area contributed by atoms with Crippen LogP contribution in [0.1, 0.15) is 33.1 Å². The Balaban J connectivity index is 1.68. The minimum absolute atomic E-state index is 0.577. The van der Waals surface area contributed by atoms with Crippen molar-refractivity contribution >= 4 is 16.9 Å². The van der Waals surface area contributed by atoms with E-state index in [1.165, 1.54) is 43.3 Å². The molecule has 0 radical (unpaired) electrons. The van der Waals surface area contributed by atoms with Gasteiger partial charge in [-0.2, -0.15) is 0 Å². The summed E-state index contributed by atoms with van der Waals surface area (Å²) in [5, 5.41) is 4.69. The van der Waals surface area contributed by atoms with Gasteiger partial charge in [-0.25, -0.2) is 0 Å². The number of hydrogen-bond acceptors (Lipinski definition) is 3. The summed E-state index contributed by atoms with van der Waals surface area (Å²) in [6, 6.07) is 0.577. The Morgan fingerprint density at radius 2 is 2.06 bits per heavy atom. The maximum atomic E-state index is 4.74. The van der Waals surface area contributed by atoms with Gasteiger partial charge >= 0.3 is 0 Å². The molecule has 2 aliphatic heterocycles. The summed E-state index contributed by atoms with van der Waals surface area (Å²) < 4.78 is 0. The van der Waals surface area contributed by atoms with Crippen LogP contribution < -0.4 is 5.32 Å². The molecule has 2 fully saturated rings. The molecule has 0 aromatic carbocycles. The monoisotopic (exact) mass is 269 g/mol. The van der Waals surface area contributed by atoms with E-state index >= 15 is 0 Å². The highest BCUT2D eigenvalue weighted by atomic mass is 32.2. The van der Waals surface area contributed by atoms with Gasteiger partial charge in [0, 0.05) is 18.3 Å². The van der Waals surface area contributed by atoms with Crippen molar-refractivity contribution in [2.24, 2.45) is 16.8 Å². The molecule has 4 heteroatoms. The first-order valence-electron chi connectivity index (χ1n) is 7.27. The third kappa shape index (κ3) is 4.16. The molecule has 0 amide bonds. The average Bonchev–Trinajstić information content (AvgIpc) is 2.36. The van der Waals surface area contributed by atoms with Crippen LogP contribution in [0.4, 0.5) is 0 Å². The first-order valence-corrected chi connectivity index (χ1v) is 8.26. The number of nitrogens with one attached hydrogen (secondary N) is 1. The number of amidine groups is 1. The summed E-state index contributed by atoms with van der Waals surface area (Å²) in [6.45, 7) is 8.10. The first kappa shape index (κ1) is 14.2. The minimum Gasteiger partial charge on any atom is -0.362 e. The van der Waals surface area contributed by atoms with Gasteiger partial charge in [-0.1, -0.05) is 18.7 Å². The van der Waals surface area contributed by atoms with E-state index in [-0.39, 0.29) is 0 Å². The lowest BCUT2D eigenvalue weighted by molar-refractivity contribution is 0.214. The Bertz CT molecular complexity index is 285. The van der Waals surface area contributed by atoms with Crippen LogP contribution in [0.15, 0.2) is 4.99 Å². The zero-order valence-corrected chi connectivity index (χ0v) is 12.8. The van der Waals surface area contributed by atoms with Crippen molar-refractivity contribution in [3.63, 3.8) is 0 Å². The van der Waals surface area contributed by atoms with Gasteiger partial charge in [-0.15, -0.1) is 0 Å². The van der Waals surface area contributed by atoms with E-state index in [4.69, 9.17) is 4.99 Å². The summed E-state index contributed by atoms with van der Waals surface area (Å²) in [5.41, 5.74) is 0. The van der Waals surface area contributed by atoms with E-state index in [1.54, 1.807) is 0 Å². The molecule has 3 nitrogen and oxygen atoms in total. The molecule has 104 valence electrons. The smallest absolute Gasteiger partial charge is 0.156 e. The van der Waals surface area contributed by atoms with Crippen LogP contribution in [-0.4, -0.2) is 48.5 Å². The lowest BCUT2D eigenvalue weighted by Crippen LogP contribution is -2.41. The quantitative estimate of drug-likeness (QED) is 0.853. The van der Waals surface area contributed by atoms with Crippen LogP contribution in [0, 0.1) is 11.8 Å². The third-order valence-electron chi connectivity index (χ3n) is 4.32. The molecule has 2 atom stereocenters. The summed E-state index contributed by atoms with van der Waals surface area (Å²) in [6.07, 6.45) is 3.98. The molecule has 0 aliphatic carbocycles. The number of rotatable bonds is 3. The van der Waals surface area contributed by atoms with Crippen molar-refractivity contribution in [2.45, 2.75) is 39.2 Å². The van der Waals surface area contributed by atoms with Gasteiger partial charge in [0.15, 0.2) is 5.17 Å². The average molecular weight is 269 g/mol. The Morgan fingerprint density at radius 3 is 2.72 bits per heavy atom. The van der Waals surface area contributed by atoms with Crippen molar-refractivity contribution in [2.75, 3.05) is 32.4 Å². The molecular formula is C14H27N3S. The molecule has 0 saturated carbocycles. The van der Waals surface area contributed by atoms with Gasteiger partial charge in [-0.3, -0.25) is 4.99 Å². The van der Waals surface area contributed by atoms with E-state index in [1.807, 2.05) is 11.8 Å². The topological polar surface area (TPSA) is 27.6 Å². The summed E-state index contributed by atoms with van der Waals surface area (Å²) >= 11 is 1.89. The molecule has 2 unspecified atom stereocenters. The highest BCUT2D eigenvalue weighted by molar-refractivity contribution is 8.13. The minimum atomic E-state index is 0.577. The van der Waals surface area contributed by atoms with Crippen molar-refractivity contribution < 1.29 is 0 Å². The number of likely N-dealkylation sites (tertiary alicyclic amines) is 1. The Hall–Kier alpha value is -0.220. The van der Waals surface area contributed by atoms with Gasteiger partial charge in [0.25, 0.3) is 0 Å². The standard InChI is InChI=1S/C14H27N3S/c1-11-10-18-14(16-12(11)2)15-7-4-13-5-8-17(3)9-6-13/h11-13H,4-10H2,1-3H3,(H,15,16). The number of thioether (sulfide) groups is 1. The van der Waals surface area contributed by atoms with Crippen molar-refractivity contribution in [3.8, 4) is 0 Å². The zero-order chi connectivity index (χ0) is 13.0. The van der Waals surface area contributed by atoms with E-state index < -0.39 is 0 Å². The normalized spacial score (nSPS) is 33.6. The van der Waals surface area contributed by atoms with Crippen LogP contribution in [0.2, 0.25) is 0 Å². The SMILES string of the molecule is CC1CSC(=NCCC2CCN(C)CC2)NC1C. The molecule has 0 spiro atoms. The van der Waals surface area contributed by atoms with E-state index in [0.717, 1.165) is 18.4 Å². The van der Waals surface area contributed by atoms with Gasteiger partial charge in [0.2, 0.25) is 0 Å². The van der Waals surface area contributed by atoms with Crippen LogP contribution in [0.3, 0.4) is 0 Å². The predicted molar refractivity (Wildman–Crippen MR) is 81.4 cm³/mol. The number of piperidine rings is 1. The van der Waals surface area contributed by atoms with Gasteiger partial charge < -0.3 is 10.2 Å². The molecule has 0 aromatic rings. The fraction of sp³-hybridized carbons (Fsp3) is 0.929. The second-order valence-electron chi connectivity index (χ2n) is 5.94. The Kier molecular flexibility index (Phi) is 5.37. The number of hydrogen-bond donors (Lipinski definition) is 1. The van der Waals surface area contributed by atoms with E-state index in [2.05, 4.69) is 31.1 Å². The molecule has 0 aromatic heterocycles. The number of aliphatic imine (C=N–C) groups is 1. The maximum Gasteiger partial charge on any atom is 0.156 e. The van der Waals surface area contributed by atoms with Crippen molar-refractivity contribution in [1.82, 2.24) is 10.2 Å². The van der Waals surface area contributed by atoms with Crippen LogP contribution in [0.25, 0.3) is 0 Å². The van der Waals surface area contributed by atoms with E-state index in [9.17, 15) is 0 Å². The first-order chi connectivity index (χ1) is 8.65. The van der Waals surface area contributed by atoms with Crippen LogP contribution in [0.5, 0.6) is 0 Å². The number of nitrogens with zero attached hydrogens (tertiary/aromatic N) is 2. The molecule has 18 heavy (non-hydrogen) atoms. The highest BCUT2D eigenvalue weighted by Gasteiger charge is 2.21. The van der Waals surface area contributed by atoms with Crippen LogP contribution >= 0.6 is 11.8 Å². The third-order valence-corrected chi connectivity index (χ3v) is 5.53. The summed E-state index contributed by atoms with van der Waals surface area (Å²) in [7, 11) is 2.22. The van der Waals surface area contributed by atoms with Crippen molar-refractivity contribution in [1.29, 1.82) is 0 Å². The molecule has 2 aliphatic rings. The fourth-order valence-electron chi connectivity index (χ4n) is 2.52. The lowest BCUT2D eigenvalue weighted by atomic mass is 9.94. The molecule has 2 saturated heterocycles. The largest absolute Gasteiger partial charge is 0.362 e. The molecular weight excluding hydrogens is 242 g/mol. The van der Waals surface area contributed by atoms with Gasteiger partial charge in [0.1, 0.15) is 0 Å². The highest BCUT2D eigenvalue weighted by Crippen LogP contribution is 2.21. The Labute approximate surface area is 116 Å².